The number of ether oxygens (including phenoxy) is 1. The van der Waals surface area contributed by atoms with E-state index in [0.29, 0.717) is 18.1 Å². The molecule has 2 heterocycles. The summed E-state index contributed by atoms with van der Waals surface area (Å²) >= 11 is 0. The first kappa shape index (κ1) is 19.0. The summed E-state index contributed by atoms with van der Waals surface area (Å²) in [7, 11) is 0. The van der Waals surface area contributed by atoms with E-state index in [1.54, 1.807) is 55.7 Å². The smallest absolute Gasteiger partial charge is 0.340 e. The molecule has 0 fully saturated rings. The molecule has 0 radical (unpaired) electrons. The van der Waals surface area contributed by atoms with Crippen LogP contribution in [0.1, 0.15) is 33.3 Å². The number of esters is 1. The summed E-state index contributed by atoms with van der Waals surface area (Å²) < 4.78 is 5.00. The van der Waals surface area contributed by atoms with Gasteiger partial charge in [-0.15, -0.1) is 10.2 Å². The molecule has 3 rings (SSSR count). The van der Waals surface area contributed by atoms with Gasteiger partial charge >= 0.3 is 5.97 Å². The first-order valence-corrected chi connectivity index (χ1v) is 8.71. The van der Waals surface area contributed by atoms with Crippen molar-refractivity contribution in [3.05, 3.63) is 77.7 Å². The fraction of sp³-hybridized carbons (Fsp3) is 0.150. The van der Waals surface area contributed by atoms with Crippen LogP contribution in [0, 0.1) is 0 Å². The van der Waals surface area contributed by atoms with Gasteiger partial charge in [0.15, 0.2) is 5.69 Å². The van der Waals surface area contributed by atoms with Crippen molar-refractivity contribution in [1.29, 1.82) is 0 Å². The minimum absolute atomic E-state index is 0.133. The van der Waals surface area contributed by atoms with Crippen LogP contribution in [0.4, 0.5) is 11.5 Å². The Balaban J connectivity index is 1.65. The second kappa shape index (κ2) is 9.22. The van der Waals surface area contributed by atoms with E-state index in [1.807, 2.05) is 12.1 Å². The zero-order valence-electron chi connectivity index (χ0n) is 15.3. The first-order chi connectivity index (χ1) is 13.7. The number of aromatic nitrogens is 3. The highest BCUT2D eigenvalue weighted by molar-refractivity contribution is 6.07. The van der Waals surface area contributed by atoms with E-state index in [1.165, 1.54) is 0 Å². The maximum absolute atomic E-state index is 12.4. The number of para-hydroxylation sites is 1. The van der Waals surface area contributed by atoms with Gasteiger partial charge in [0.2, 0.25) is 0 Å². The molecule has 0 atom stereocenters. The van der Waals surface area contributed by atoms with Crippen molar-refractivity contribution in [1.82, 2.24) is 15.2 Å². The zero-order valence-corrected chi connectivity index (χ0v) is 15.3. The van der Waals surface area contributed by atoms with Gasteiger partial charge < -0.3 is 15.4 Å². The second-order valence-electron chi connectivity index (χ2n) is 5.73. The monoisotopic (exact) mass is 377 g/mol. The van der Waals surface area contributed by atoms with Crippen molar-refractivity contribution in [2.24, 2.45) is 0 Å². The highest BCUT2D eigenvalue weighted by Crippen LogP contribution is 2.17. The third-order valence-corrected chi connectivity index (χ3v) is 3.79. The van der Waals surface area contributed by atoms with Gasteiger partial charge in [-0.25, -0.2) is 4.79 Å². The fourth-order valence-corrected chi connectivity index (χ4v) is 2.41. The Kier molecular flexibility index (Phi) is 6.25. The maximum atomic E-state index is 12.4. The van der Waals surface area contributed by atoms with Crippen molar-refractivity contribution in [2.75, 3.05) is 17.2 Å². The Hall–Kier alpha value is -3.81. The SMILES string of the molecule is CCOC(=O)c1ccccc1NC(=O)c1ccc(NCc2ccncc2)nn1. The van der Waals surface area contributed by atoms with E-state index in [9.17, 15) is 9.59 Å². The van der Waals surface area contributed by atoms with Gasteiger partial charge in [0, 0.05) is 18.9 Å². The van der Waals surface area contributed by atoms with E-state index in [2.05, 4.69) is 25.8 Å². The molecular weight excluding hydrogens is 358 g/mol. The molecule has 142 valence electrons. The highest BCUT2D eigenvalue weighted by Gasteiger charge is 2.15. The standard InChI is InChI=1S/C20H19N5O3/c1-2-28-20(27)15-5-3-4-6-16(15)23-19(26)17-7-8-18(25-24-17)22-13-14-9-11-21-12-10-14/h3-12H,2,13H2,1H3,(H,22,25)(H,23,26). The third kappa shape index (κ3) is 4.88. The van der Waals surface area contributed by atoms with Gasteiger partial charge in [-0.1, -0.05) is 12.1 Å². The number of hydrogen-bond acceptors (Lipinski definition) is 7. The van der Waals surface area contributed by atoms with Crippen LogP contribution >= 0.6 is 0 Å². The summed E-state index contributed by atoms with van der Waals surface area (Å²) in [6.07, 6.45) is 3.43. The quantitative estimate of drug-likeness (QED) is 0.610. The summed E-state index contributed by atoms with van der Waals surface area (Å²) in [6.45, 7) is 2.54. The topological polar surface area (TPSA) is 106 Å². The van der Waals surface area contributed by atoms with Crippen LogP contribution in [0.5, 0.6) is 0 Å². The Labute approximate surface area is 162 Å². The van der Waals surface area contributed by atoms with E-state index >= 15 is 0 Å². The fourth-order valence-electron chi connectivity index (χ4n) is 2.41. The molecule has 1 amide bonds. The van der Waals surface area contributed by atoms with Crippen LogP contribution in [-0.2, 0) is 11.3 Å². The van der Waals surface area contributed by atoms with Crippen LogP contribution in [0.15, 0.2) is 60.9 Å². The second-order valence-corrected chi connectivity index (χ2v) is 5.73. The number of nitrogens with zero attached hydrogens (tertiary/aromatic N) is 3. The minimum Gasteiger partial charge on any atom is -0.462 e. The van der Waals surface area contributed by atoms with Crippen molar-refractivity contribution in [3.8, 4) is 0 Å². The summed E-state index contributed by atoms with van der Waals surface area (Å²) in [6, 6.07) is 13.6. The molecule has 0 spiro atoms. The van der Waals surface area contributed by atoms with E-state index < -0.39 is 11.9 Å². The predicted molar refractivity (Wildman–Crippen MR) is 104 cm³/mol. The molecule has 0 saturated carbocycles. The molecule has 2 N–H and O–H groups in total. The zero-order chi connectivity index (χ0) is 19.8. The third-order valence-electron chi connectivity index (χ3n) is 3.79. The lowest BCUT2D eigenvalue weighted by Gasteiger charge is -2.10. The molecule has 28 heavy (non-hydrogen) atoms. The molecule has 0 bridgehead atoms. The number of carbonyl (C=O) groups is 2. The number of rotatable bonds is 7. The molecule has 8 nitrogen and oxygen atoms in total. The van der Waals surface area contributed by atoms with Gasteiger partial charge in [-0.05, 0) is 48.9 Å². The lowest BCUT2D eigenvalue weighted by molar-refractivity contribution is 0.0527. The minimum atomic E-state index is -0.500. The number of pyridine rings is 1. The van der Waals surface area contributed by atoms with Crippen molar-refractivity contribution >= 4 is 23.4 Å². The van der Waals surface area contributed by atoms with Gasteiger partial charge in [-0.3, -0.25) is 9.78 Å². The molecule has 0 aliphatic heterocycles. The van der Waals surface area contributed by atoms with Crippen LogP contribution in [0.3, 0.4) is 0 Å². The number of anilines is 2. The predicted octanol–water partition coefficient (Wildman–Crippen LogP) is 2.91. The summed E-state index contributed by atoms with van der Waals surface area (Å²) in [5.41, 5.74) is 1.82. The number of amides is 1. The molecule has 8 heteroatoms. The van der Waals surface area contributed by atoms with Gasteiger partial charge in [0.1, 0.15) is 5.82 Å². The van der Waals surface area contributed by atoms with Gasteiger partial charge in [-0.2, -0.15) is 0 Å². The highest BCUT2D eigenvalue weighted by atomic mass is 16.5. The lowest BCUT2D eigenvalue weighted by atomic mass is 10.1. The number of hydrogen-bond donors (Lipinski definition) is 2. The van der Waals surface area contributed by atoms with Crippen molar-refractivity contribution in [3.63, 3.8) is 0 Å². The molecular formula is C20H19N5O3. The summed E-state index contributed by atoms with van der Waals surface area (Å²) in [5, 5.41) is 13.8. The summed E-state index contributed by atoms with van der Waals surface area (Å²) in [4.78, 5) is 28.4. The van der Waals surface area contributed by atoms with Gasteiger partial charge in [0.25, 0.3) is 5.91 Å². The average molecular weight is 377 g/mol. The van der Waals surface area contributed by atoms with Gasteiger partial charge in [0.05, 0.1) is 17.9 Å². The van der Waals surface area contributed by atoms with Crippen LogP contribution in [0.25, 0.3) is 0 Å². The van der Waals surface area contributed by atoms with Crippen LogP contribution in [-0.4, -0.2) is 33.7 Å². The molecule has 0 unspecified atom stereocenters. The molecule has 0 aliphatic rings. The van der Waals surface area contributed by atoms with Crippen LogP contribution < -0.4 is 10.6 Å². The first-order valence-electron chi connectivity index (χ1n) is 8.71. The summed E-state index contributed by atoms with van der Waals surface area (Å²) in [5.74, 6) is -0.426. The average Bonchev–Trinajstić information content (AvgIpc) is 2.74. The maximum Gasteiger partial charge on any atom is 0.340 e. The lowest BCUT2D eigenvalue weighted by Crippen LogP contribution is -2.17. The van der Waals surface area contributed by atoms with Crippen molar-refractivity contribution in [2.45, 2.75) is 13.5 Å². The Morgan fingerprint density at radius 1 is 1.00 bits per heavy atom. The molecule has 1 aromatic carbocycles. The Morgan fingerprint density at radius 3 is 2.50 bits per heavy atom. The number of benzene rings is 1. The number of carbonyl (C=O) groups excluding carboxylic acids is 2. The van der Waals surface area contributed by atoms with E-state index in [-0.39, 0.29) is 17.9 Å². The molecule has 0 saturated heterocycles. The molecule has 3 aromatic rings. The van der Waals surface area contributed by atoms with Crippen molar-refractivity contribution < 1.29 is 14.3 Å². The Bertz CT molecular complexity index is 946. The molecule has 0 aliphatic carbocycles. The largest absolute Gasteiger partial charge is 0.462 e. The Morgan fingerprint density at radius 2 is 1.79 bits per heavy atom. The van der Waals surface area contributed by atoms with Crippen LogP contribution in [0.2, 0.25) is 0 Å². The number of nitrogens with one attached hydrogen (secondary N) is 2. The van der Waals surface area contributed by atoms with E-state index in [4.69, 9.17) is 4.74 Å². The molecule has 2 aromatic heterocycles. The van der Waals surface area contributed by atoms with E-state index in [0.717, 1.165) is 5.56 Å². The normalized spacial score (nSPS) is 10.2.